The number of hydrogen-bond acceptors (Lipinski definition) is 6. The topological polar surface area (TPSA) is 97.9 Å². The van der Waals surface area contributed by atoms with Gasteiger partial charge in [0.15, 0.2) is 22.8 Å². The number of carbonyl (C=O) groups is 1. The number of fused-ring (bicyclic) bond motifs is 1. The molecule has 0 aliphatic rings. The summed E-state index contributed by atoms with van der Waals surface area (Å²) in [5.41, 5.74) is 2.66. The van der Waals surface area contributed by atoms with Crippen LogP contribution in [0.25, 0.3) is 22.6 Å². The summed E-state index contributed by atoms with van der Waals surface area (Å²) in [4.78, 5) is 26.4. The van der Waals surface area contributed by atoms with E-state index in [9.17, 15) is 18.0 Å². The molecule has 2 N–H and O–H groups in total. The van der Waals surface area contributed by atoms with Crippen molar-refractivity contribution in [3.05, 3.63) is 84.1 Å². The predicted octanol–water partition coefficient (Wildman–Crippen LogP) is 5.95. The SMILES string of the molecule is Cc1ccc(C(=O)Nc2cccc(C(F)(F)F)c2)cc1Nc1nc(-c2ccoc2)nc2c1ncn2C. The third-order valence-corrected chi connectivity index (χ3v) is 5.54. The number of imidazole rings is 1. The molecule has 36 heavy (non-hydrogen) atoms. The summed E-state index contributed by atoms with van der Waals surface area (Å²) in [7, 11) is 1.81. The van der Waals surface area contributed by atoms with Gasteiger partial charge in [0.25, 0.3) is 5.91 Å². The fourth-order valence-electron chi connectivity index (χ4n) is 3.62. The minimum atomic E-state index is -4.51. The van der Waals surface area contributed by atoms with Gasteiger partial charge in [-0.3, -0.25) is 4.79 Å². The molecule has 0 bridgehead atoms. The molecule has 5 aromatic rings. The number of benzene rings is 2. The fraction of sp³-hybridized carbons (Fsp3) is 0.120. The number of nitrogens with one attached hydrogen (secondary N) is 2. The second-order valence-corrected chi connectivity index (χ2v) is 8.12. The van der Waals surface area contributed by atoms with E-state index in [1.54, 1.807) is 35.2 Å². The number of carbonyl (C=O) groups excluding carboxylic acids is 1. The Morgan fingerprint density at radius 3 is 2.67 bits per heavy atom. The molecule has 3 aromatic heterocycles. The number of amides is 1. The molecule has 0 spiro atoms. The molecule has 0 unspecified atom stereocenters. The van der Waals surface area contributed by atoms with Gasteiger partial charge in [-0.1, -0.05) is 12.1 Å². The first kappa shape index (κ1) is 23.1. The van der Waals surface area contributed by atoms with E-state index in [0.717, 1.165) is 17.7 Å². The number of alkyl halides is 3. The summed E-state index contributed by atoms with van der Waals surface area (Å²) < 4.78 is 46.0. The van der Waals surface area contributed by atoms with E-state index in [0.29, 0.717) is 34.1 Å². The van der Waals surface area contributed by atoms with Gasteiger partial charge in [0.05, 0.1) is 23.7 Å². The highest BCUT2D eigenvalue weighted by Crippen LogP contribution is 2.31. The number of aromatic nitrogens is 4. The van der Waals surface area contributed by atoms with Gasteiger partial charge in [0, 0.05) is 24.0 Å². The van der Waals surface area contributed by atoms with Crippen LogP contribution in [0.2, 0.25) is 0 Å². The quantitative estimate of drug-likeness (QED) is 0.315. The van der Waals surface area contributed by atoms with Gasteiger partial charge in [-0.2, -0.15) is 13.2 Å². The molecule has 0 fully saturated rings. The number of halogens is 3. The molecule has 0 aliphatic carbocycles. The first-order valence-electron chi connectivity index (χ1n) is 10.8. The molecule has 11 heteroatoms. The van der Waals surface area contributed by atoms with Crippen molar-refractivity contribution < 1.29 is 22.4 Å². The van der Waals surface area contributed by atoms with Gasteiger partial charge in [-0.05, 0) is 48.9 Å². The maximum absolute atomic E-state index is 13.0. The Bertz CT molecular complexity index is 1580. The van der Waals surface area contributed by atoms with Gasteiger partial charge >= 0.3 is 6.18 Å². The Balaban J connectivity index is 1.46. The Morgan fingerprint density at radius 2 is 1.92 bits per heavy atom. The number of anilines is 3. The van der Waals surface area contributed by atoms with Gasteiger partial charge in [0.1, 0.15) is 6.26 Å². The van der Waals surface area contributed by atoms with E-state index in [1.165, 1.54) is 24.7 Å². The van der Waals surface area contributed by atoms with E-state index in [4.69, 9.17) is 4.42 Å². The molecular weight excluding hydrogens is 473 g/mol. The van der Waals surface area contributed by atoms with Crippen molar-refractivity contribution >= 4 is 34.3 Å². The second kappa shape index (κ2) is 8.84. The Hall–Kier alpha value is -4.67. The monoisotopic (exact) mass is 492 g/mol. The second-order valence-electron chi connectivity index (χ2n) is 8.12. The number of aryl methyl sites for hydroxylation is 2. The highest BCUT2D eigenvalue weighted by molar-refractivity contribution is 6.05. The predicted molar refractivity (Wildman–Crippen MR) is 128 cm³/mol. The van der Waals surface area contributed by atoms with Crippen molar-refractivity contribution in [2.24, 2.45) is 7.05 Å². The third-order valence-electron chi connectivity index (χ3n) is 5.54. The molecule has 0 aliphatic heterocycles. The minimum absolute atomic E-state index is 0.0423. The Morgan fingerprint density at radius 1 is 1.08 bits per heavy atom. The van der Waals surface area contributed by atoms with E-state index in [1.807, 2.05) is 14.0 Å². The standard InChI is InChI=1S/C25H19F3N6O2/c1-14-6-7-15(24(35)30-18-5-3-4-17(11-18)25(26,27)28)10-19(14)31-22-20-23(34(2)13-29-20)33-21(32-22)16-8-9-36-12-16/h3-13H,1-2H3,(H,30,35)(H,31,32,33). The number of nitrogens with zero attached hydrogens (tertiary/aromatic N) is 4. The van der Waals surface area contributed by atoms with Crippen LogP contribution in [0.3, 0.4) is 0 Å². The third kappa shape index (κ3) is 4.50. The summed E-state index contributed by atoms with van der Waals surface area (Å²) in [6.45, 7) is 1.85. The molecule has 5 rings (SSSR count). The van der Waals surface area contributed by atoms with Crippen molar-refractivity contribution in [1.29, 1.82) is 0 Å². The molecule has 1 amide bonds. The maximum atomic E-state index is 13.0. The first-order valence-corrected chi connectivity index (χ1v) is 10.8. The summed E-state index contributed by atoms with van der Waals surface area (Å²) in [5, 5.41) is 5.76. The lowest BCUT2D eigenvalue weighted by atomic mass is 10.1. The lowest BCUT2D eigenvalue weighted by Crippen LogP contribution is -2.13. The van der Waals surface area contributed by atoms with Crippen LogP contribution in [0.1, 0.15) is 21.5 Å². The smallest absolute Gasteiger partial charge is 0.416 e. The van der Waals surface area contributed by atoms with Crippen LogP contribution in [0.4, 0.5) is 30.4 Å². The van der Waals surface area contributed by atoms with Crippen molar-refractivity contribution in [3.8, 4) is 11.4 Å². The van der Waals surface area contributed by atoms with E-state index < -0.39 is 17.6 Å². The van der Waals surface area contributed by atoms with Crippen LogP contribution in [-0.2, 0) is 13.2 Å². The van der Waals surface area contributed by atoms with Gasteiger partial charge < -0.3 is 19.6 Å². The van der Waals surface area contributed by atoms with Gasteiger partial charge in [-0.25, -0.2) is 15.0 Å². The van der Waals surface area contributed by atoms with Crippen LogP contribution in [-0.4, -0.2) is 25.4 Å². The van der Waals surface area contributed by atoms with Crippen molar-refractivity contribution in [3.63, 3.8) is 0 Å². The van der Waals surface area contributed by atoms with Crippen LogP contribution in [0, 0.1) is 6.92 Å². The normalized spacial score (nSPS) is 11.6. The number of hydrogen-bond donors (Lipinski definition) is 2. The Labute approximate surface area is 202 Å². The zero-order valence-electron chi connectivity index (χ0n) is 19.1. The molecular formula is C25H19F3N6O2. The molecule has 3 heterocycles. The van der Waals surface area contributed by atoms with Crippen molar-refractivity contribution in [2.75, 3.05) is 10.6 Å². The van der Waals surface area contributed by atoms with Gasteiger partial charge in [-0.15, -0.1) is 0 Å². The Kier molecular flexibility index (Phi) is 5.67. The van der Waals surface area contributed by atoms with Crippen LogP contribution < -0.4 is 10.6 Å². The summed E-state index contributed by atoms with van der Waals surface area (Å²) >= 11 is 0. The highest BCUT2D eigenvalue weighted by Gasteiger charge is 2.30. The maximum Gasteiger partial charge on any atom is 0.416 e. The zero-order chi connectivity index (χ0) is 25.4. The minimum Gasteiger partial charge on any atom is -0.472 e. The molecule has 0 atom stereocenters. The van der Waals surface area contributed by atoms with Crippen molar-refractivity contribution in [2.45, 2.75) is 13.1 Å². The highest BCUT2D eigenvalue weighted by atomic mass is 19.4. The molecule has 0 saturated heterocycles. The van der Waals surface area contributed by atoms with E-state index in [-0.39, 0.29) is 11.3 Å². The van der Waals surface area contributed by atoms with Crippen molar-refractivity contribution in [1.82, 2.24) is 19.5 Å². The van der Waals surface area contributed by atoms with E-state index in [2.05, 4.69) is 25.6 Å². The molecule has 0 radical (unpaired) electrons. The summed E-state index contributed by atoms with van der Waals surface area (Å²) in [6, 6.07) is 11.1. The number of rotatable bonds is 5. The zero-order valence-corrected chi connectivity index (χ0v) is 19.1. The average molecular weight is 492 g/mol. The van der Waals surface area contributed by atoms with E-state index >= 15 is 0 Å². The lowest BCUT2D eigenvalue weighted by Gasteiger charge is -2.13. The van der Waals surface area contributed by atoms with Crippen LogP contribution in [0.5, 0.6) is 0 Å². The molecule has 8 nitrogen and oxygen atoms in total. The van der Waals surface area contributed by atoms with Gasteiger partial charge in [0.2, 0.25) is 0 Å². The lowest BCUT2D eigenvalue weighted by molar-refractivity contribution is -0.137. The number of furan rings is 1. The van der Waals surface area contributed by atoms with Crippen LogP contribution in [0.15, 0.2) is 71.8 Å². The largest absolute Gasteiger partial charge is 0.472 e. The molecule has 2 aromatic carbocycles. The summed E-state index contributed by atoms with van der Waals surface area (Å²) in [6.07, 6.45) is 0.169. The summed E-state index contributed by atoms with van der Waals surface area (Å²) in [5.74, 6) is 0.302. The average Bonchev–Trinajstić information content (AvgIpc) is 3.51. The molecule has 0 saturated carbocycles. The fourth-order valence-corrected chi connectivity index (χ4v) is 3.62. The van der Waals surface area contributed by atoms with Crippen LogP contribution >= 0.6 is 0 Å². The molecule has 182 valence electrons. The first-order chi connectivity index (χ1) is 17.2.